The van der Waals surface area contributed by atoms with Gasteiger partial charge in [-0.25, -0.2) is 0 Å². The molecule has 4 rings (SSSR count). The van der Waals surface area contributed by atoms with E-state index in [9.17, 15) is 0 Å². The Morgan fingerprint density at radius 1 is 1.11 bits per heavy atom. The third-order valence-corrected chi connectivity index (χ3v) is 5.10. The van der Waals surface area contributed by atoms with Gasteiger partial charge in [-0.05, 0) is 45.7 Å². The maximum Gasteiger partial charge on any atom is 0.166 e. The molecular weight excluding hydrogens is 336 g/mol. The largest absolute Gasteiger partial charge is 0.488 e. The van der Waals surface area contributed by atoms with Crippen LogP contribution in [0.5, 0.6) is 11.5 Å². The SMILES string of the molecule is CC1(C)Cc2cc(OCCN)c3c(c2C(c2ccccc2)=N1)CC(C)(C)O3. The summed E-state index contributed by atoms with van der Waals surface area (Å²) in [5.74, 6) is 1.67. The summed E-state index contributed by atoms with van der Waals surface area (Å²) in [7, 11) is 0. The molecular formula is C23H28N2O2. The van der Waals surface area contributed by atoms with E-state index in [0.717, 1.165) is 35.6 Å². The minimum absolute atomic E-state index is 0.160. The van der Waals surface area contributed by atoms with Gasteiger partial charge in [0.15, 0.2) is 11.5 Å². The van der Waals surface area contributed by atoms with Crippen molar-refractivity contribution in [3.05, 3.63) is 58.7 Å². The lowest BCUT2D eigenvalue weighted by Gasteiger charge is -2.31. The van der Waals surface area contributed by atoms with Crippen molar-refractivity contribution in [3.63, 3.8) is 0 Å². The summed E-state index contributed by atoms with van der Waals surface area (Å²) < 4.78 is 12.3. The fraction of sp³-hybridized carbons (Fsp3) is 0.435. The lowest BCUT2D eigenvalue weighted by Crippen LogP contribution is -2.30. The Morgan fingerprint density at radius 2 is 1.85 bits per heavy atom. The summed E-state index contributed by atoms with van der Waals surface area (Å²) in [5.41, 5.74) is 11.2. The van der Waals surface area contributed by atoms with Gasteiger partial charge in [-0.15, -0.1) is 0 Å². The van der Waals surface area contributed by atoms with Gasteiger partial charge in [-0.2, -0.15) is 0 Å². The standard InChI is InChI=1S/C23H28N2O2/c1-22(2)13-16-12-18(26-11-10-24)21-17(14-23(3,4)27-21)19(16)20(25-22)15-8-6-5-7-9-15/h5-9,12H,10-11,13-14,24H2,1-4H3. The number of ether oxygens (including phenoxy) is 2. The summed E-state index contributed by atoms with van der Waals surface area (Å²) in [6, 6.07) is 12.6. The van der Waals surface area contributed by atoms with Crippen molar-refractivity contribution < 1.29 is 9.47 Å². The third kappa shape index (κ3) is 3.34. The van der Waals surface area contributed by atoms with Gasteiger partial charge < -0.3 is 15.2 Å². The van der Waals surface area contributed by atoms with E-state index in [1.54, 1.807) is 0 Å². The van der Waals surface area contributed by atoms with Crippen LogP contribution < -0.4 is 15.2 Å². The quantitative estimate of drug-likeness (QED) is 0.895. The second-order valence-electron chi connectivity index (χ2n) is 8.71. The monoisotopic (exact) mass is 364 g/mol. The van der Waals surface area contributed by atoms with E-state index < -0.39 is 0 Å². The number of benzene rings is 2. The molecule has 0 unspecified atom stereocenters. The van der Waals surface area contributed by atoms with Crippen LogP contribution in [0.3, 0.4) is 0 Å². The second kappa shape index (κ2) is 6.38. The molecule has 4 nitrogen and oxygen atoms in total. The molecule has 0 aliphatic carbocycles. The first-order chi connectivity index (χ1) is 12.8. The molecule has 0 aromatic heterocycles. The fourth-order valence-electron chi connectivity index (χ4n) is 4.15. The third-order valence-electron chi connectivity index (χ3n) is 5.10. The van der Waals surface area contributed by atoms with Gasteiger partial charge in [0.2, 0.25) is 0 Å². The lowest BCUT2D eigenvalue weighted by atomic mass is 9.81. The minimum Gasteiger partial charge on any atom is -0.488 e. The zero-order valence-electron chi connectivity index (χ0n) is 16.6. The molecule has 2 N–H and O–H groups in total. The van der Waals surface area contributed by atoms with E-state index in [2.05, 4.69) is 58.0 Å². The average molecular weight is 364 g/mol. The molecule has 142 valence electrons. The van der Waals surface area contributed by atoms with Crippen LogP contribution >= 0.6 is 0 Å². The number of rotatable bonds is 4. The normalized spacial score (nSPS) is 18.9. The molecule has 0 saturated heterocycles. The minimum atomic E-state index is -0.257. The molecule has 0 fully saturated rings. The number of nitrogens with zero attached hydrogens (tertiary/aromatic N) is 1. The van der Waals surface area contributed by atoms with Crippen LogP contribution in [0.1, 0.15) is 49.9 Å². The number of hydrogen-bond acceptors (Lipinski definition) is 4. The Labute approximate surface area is 161 Å². The highest BCUT2D eigenvalue weighted by Crippen LogP contribution is 2.47. The number of aliphatic imine (C=N–C) groups is 1. The van der Waals surface area contributed by atoms with Crippen LogP contribution in [0.2, 0.25) is 0 Å². The molecule has 2 aliphatic heterocycles. The maximum atomic E-state index is 6.30. The van der Waals surface area contributed by atoms with Gasteiger partial charge in [0, 0.05) is 29.7 Å². The van der Waals surface area contributed by atoms with Crippen molar-refractivity contribution in [2.45, 2.75) is 51.7 Å². The molecule has 0 spiro atoms. The molecule has 2 aromatic rings. The molecule has 0 bridgehead atoms. The zero-order valence-corrected chi connectivity index (χ0v) is 16.6. The molecule has 0 radical (unpaired) electrons. The van der Waals surface area contributed by atoms with Crippen LogP contribution in [0, 0.1) is 0 Å². The predicted octanol–water partition coefficient (Wildman–Crippen LogP) is 3.91. The summed E-state index contributed by atoms with van der Waals surface area (Å²) in [4.78, 5) is 5.14. The van der Waals surface area contributed by atoms with Crippen molar-refractivity contribution in [2.75, 3.05) is 13.2 Å². The van der Waals surface area contributed by atoms with Gasteiger partial charge in [0.25, 0.3) is 0 Å². The van der Waals surface area contributed by atoms with E-state index in [-0.39, 0.29) is 11.1 Å². The van der Waals surface area contributed by atoms with Gasteiger partial charge in [0.1, 0.15) is 12.2 Å². The molecule has 27 heavy (non-hydrogen) atoms. The topological polar surface area (TPSA) is 56.8 Å². The molecule has 0 saturated carbocycles. The number of hydrogen-bond donors (Lipinski definition) is 1. The van der Waals surface area contributed by atoms with Crippen LogP contribution in [0.15, 0.2) is 41.4 Å². The van der Waals surface area contributed by atoms with Gasteiger partial charge >= 0.3 is 0 Å². The highest BCUT2D eigenvalue weighted by Gasteiger charge is 2.39. The number of nitrogens with two attached hydrogens (primary N) is 1. The summed E-state index contributed by atoms with van der Waals surface area (Å²) in [6.07, 6.45) is 1.72. The van der Waals surface area contributed by atoms with Gasteiger partial charge in [0.05, 0.1) is 11.3 Å². The fourth-order valence-corrected chi connectivity index (χ4v) is 4.15. The average Bonchev–Trinajstić information content (AvgIpc) is 2.94. The van der Waals surface area contributed by atoms with Crippen LogP contribution in [-0.2, 0) is 12.8 Å². The summed E-state index contributed by atoms with van der Waals surface area (Å²) in [5, 5.41) is 0. The molecule has 2 aromatic carbocycles. The van der Waals surface area contributed by atoms with Crippen molar-refractivity contribution in [3.8, 4) is 11.5 Å². The van der Waals surface area contributed by atoms with E-state index >= 15 is 0 Å². The molecule has 2 heterocycles. The maximum absolute atomic E-state index is 6.30. The van der Waals surface area contributed by atoms with Gasteiger partial charge in [-0.1, -0.05) is 30.3 Å². The number of fused-ring (bicyclic) bond motifs is 3. The first-order valence-corrected chi connectivity index (χ1v) is 9.66. The lowest BCUT2D eigenvalue weighted by molar-refractivity contribution is 0.132. The summed E-state index contributed by atoms with van der Waals surface area (Å²) >= 11 is 0. The highest BCUT2D eigenvalue weighted by atomic mass is 16.5. The molecule has 0 atom stereocenters. The van der Waals surface area contributed by atoms with Crippen LogP contribution in [0.25, 0.3) is 0 Å². The van der Waals surface area contributed by atoms with E-state index in [0.29, 0.717) is 13.2 Å². The Morgan fingerprint density at radius 3 is 2.56 bits per heavy atom. The Hall–Kier alpha value is -2.33. The van der Waals surface area contributed by atoms with E-state index in [4.69, 9.17) is 20.2 Å². The first-order valence-electron chi connectivity index (χ1n) is 9.66. The predicted molar refractivity (Wildman–Crippen MR) is 109 cm³/mol. The Balaban J connectivity index is 1.94. The van der Waals surface area contributed by atoms with Crippen molar-refractivity contribution in [2.24, 2.45) is 10.7 Å². The van der Waals surface area contributed by atoms with Crippen molar-refractivity contribution >= 4 is 5.71 Å². The smallest absolute Gasteiger partial charge is 0.166 e. The highest BCUT2D eigenvalue weighted by molar-refractivity contribution is 6.16. The zero-order chi connectivity index (χ0) is 19.2. The molecule has 2 aliphatic rings. The second-order valence-corrected chi connectivity index (χ2v) is 8.71. The first kappa shape index (κ1) is 18.1. The van der Waals surface area contributed by atoms with E-state index in [1.165, 1.54) is 16.7 Å². The summed E-state index contributed by atoms with van der Waals surface area (Å²) in [6.45, 7) is 9.59. The van der Waals surface area contributed by atoms with Gasteiger partial charge in [-0.3, -0.25) is 4.99 Å². The van der Waals surface area contributed by atoms with Crippen molar-refractivity contribution in [1.82, 2.24) is 0 Å². The molecule has 0 amide bonds. The Kier molecular flexibility index (Phi) is 4.26. The van der Waals surface area contributed by atoms with Crippen molar-refractivity contribution in [1.29, 1.82) is 0 Å². The Bertz CT molecular complexity index is 898. The van der Waals surface area contributed by atoms with Crippen LogP contribution in [-0.4, -0.2) is 30.0 Å². The van der Waals surface area contributed by atoms with E-state index in [1.807, 2.05) is 6.07 Å². The molecule has 4 heteroatoms. The van der Waals surface area contributed by atoms with Crippen LogP contribution in [0.4, 0.5) is 0 Å².